The van der Waals surface area contributed by atoms with E-state index >= 15 is 0 Å². The predicted molar refractivity (Wildman–Crippen MR) is 241 cm³/mol. The first-order valence-corrected chi connectivity index (χ1v) is 22.5. The molecular weight excluding hydrogens is 817 g/mol. The molecular formula is C47H60N10O7. The SMILES string of the molecule is CCOc1ccc(N2[C@@H](c3ccc4nc([C@@H]5CCCN5C(=O)[C@@H](NC(=O)OC)C(C)C)[nH]c4c3)CC[C@@H]2c2ccc3nc([C@@H]4CCCN4C(=O)[C@H](C(C)C)N(C)C(=O)O)[nH]c3c2)cn1. The summed E-state index contributed by atoms with van der Waals surface area (Å²) in [6, 6.07) is 14.6. The Hall–Kier alpha value is -6.39. The third kappa shape index (κ3) is 8.51. The van der Waals surface area contributed by atoms with Crippen LogP contribution in [0.3, 0.4) is 0 Å². The summed E-state index contributed by atoms with van der Waals surface area (Å²) in [6.07, 6.45) is 4.95. The van der Waals surface area contributed by atoms with Crippen LogP contribution in [0.1, 0.15) is 120 Å². The number of H-pyrrole nitrogens is 2. The first kappa shape index (κ1) is 44.2. The molecule has 3 saturated heterocycles. The molecule has 0 aliphatic carbocycles. The second-order valence-electron chi connectivity index (χ2n) is 17.9. The molecule has 0 unspecified atom stereocenters. The molecule has 3 aliphatic rings. The number of nitrogens with one attached hydrogen (secondary N) is 3. The lowest BCUT2D eigenvalue weighted by Gasteiger charge is -2.33. The maximum atomic E-state index is 13.9. The molecule has 3 fully saturated rings. The van der Waals surface area contributed by atoms with Crippen LogP contribution in [0.25, 0.3) is 22.1 Å². The van der Waals surface area contributed by atoms with Gasteiger partial charge in [-0.15, -0.1) is 0 Å². The third-order valence-corrected chi connectivity index (χ3v) is 13.2. The van der Waals surface area contributed by atoms with Gasteiger partial charge >= 0.3 is 12.2 Å². The van der Waals surface area contributed by atoms with Gasteiger partial charge in [-0.25, -0.2) is 24.5 Å². The highest BCUT2D eigenvalue weighted by molar-refractivity contribution is 5.87. The van der Waals surface area contributed by atoms with E-state index in [2.05, 4.69) is 55.5 Å². The van der Waals surface area contributed by atoms with Crippen LogP contribution in [0, 0.1) is 11.8 Å². The number of alkyl carbamates (subject to hydrolysis) is 1. The van der Waals surface area contributed by atoms with Gasteiger partial charge < -0.3 is 44.6 Å². The Bertz CT molecular complexity index is 2500. The maximum absolute atomic E-state index is 13.9. The van der Waals surface area contributed by atoms with Gasteiger partial charge in [0.2, 0.25) is 17.7 Å². The smallest absolute Gasteiger partial charge is 0.407 e. The van der Waals surface area contributed by atoms with Crippen molar-refractivity contribution >= 4 is 51.8 Å². The number of rotatable bonds is 13. The number of likely N-dealkylation sites (tertiary alicyclic amines) is 2. The number of hydrogen-bond acceptors (Lipinski definition) is 10. The number of methoxy groups -OCH3 is 1. The molecule has 3 aliphatic heterocycles. The van der Waals surface area contributed by atoms with Crippen molar-refractivity contribution in [3.05, 3.63) is 77.5 Å². The summed E-state index contributed by atoms with van der Waals surface area (Å²) in [7, 11) is 2.75. The van der Waals surface area contributed by atoms with Gasteiger partial charge in [-0.3, -0.25) is 14.5 Å². The zero-order valence-electron chi connectivity index (χ0n) is 37.7. The van der Waals surface area contributed by atoms with Crippen LogP contribution in [0.4, 0.5) is 15.3 Å². The summed E-state index contributed by atoms with van der Waals surface area (Å²) in [4.78, 5) is 80.8. The van der Waals surface area contributed by atoms with Crippen molar-refractivity contribution in [3.63, 3.8) is 0 Å². The molecule has 8 rings (SSSR count). The van der Waals surface area contributed by atoms with E-state index in [4.69, 9.17) is 19.4 Å². The minimum Gasteiger partial charge on any atom is -0.478 e. The highest BCUT2D eigenvalue weighted by Gasteiger charge is 2.41. The van der Waals surface area contributed by atoms with Gasteiger partial charge in [-0.05, 0) is 98.7 Å². The average molecular weight is 877 g/mol. The van der Waals surface area contributed by atoms with E-state index in [-0.39, 0.29) is 47.8 Å². The van der Waals surface area contributed by atoms with Gasteiger partial charge in [0.05, 0.1) is 71.8 Å². The van der Waals surface area contributed by atoms with Crippen LogP contribution in [0.2, 0.25) is 0 Å². The normalized spacial score (nSPS) is 21.0. The number of carboxylic acid groups (broad SMARTS) is 1. The molecule has 17 nitrogen and oxygen atoms in total. The number of ether oxygens (including phenoxy) is 2. The Labute approximate surface area is 372 Å². The number of aromatic nitrogens is 5. The summed E-state index contributed by atoms with van der Waals surface area (Å²) in [5, 5.41) is 12.5. The number of amides is 4. The lowest BCUT2D eigenvalue weighted by molar-refractivity contribution is -0.138. The average Bonchev–Trinajstić information content (AvgIpc) is 4.13. The molecule has 3 aromatic heterocycles. The zero-order chi connectivity index (χ0) is 45.4. The molecule has 17 heteroatoms. The van der Waals surface area contributed by atoms with E-state index in [0.717, 1.165) is 88.1 Å². The number of benzene rings is 2. The lowest BCUT2D eigenvalue weighted by atomic mass is 10.0. The van der Waals surface area contributed by atoms with Gasteiger partial charge in [-0.1, -0.05) is 39.8 Å². The number of pyridine rings is 1. The van der Waals surface area contributed by atoms with Crippen LogP contribution >= 0.6 is 0 Å². The number of carbonyl (C=O) groups excluding carboxylic acids is 3. The number of imidazole rings is 2. The number of likely N-dealkylation sites (N-methyl/N-ethyl adjacent to an activating group) is 1. The number of aromatic amines is 2. The molecule has 64 heavy (non-hydrogen) atoms. The largest absolute Gasteiger partial charge is 0.478 e. The van der Waals surface area contributed by atoms with E-state index < -0.39 is 24.3 Å². The minimum absolute atomic E-state index is 0.00873. The van der Waals surface area contributed by atoms with E-state index in [1.807, 2.05) is 63.9 Å². The Morgan fingerprint density at radius 3 is 1.83 bits per heavy atom. The van der Waals surface area contributed by atoms with Crippen LogP contribution in [-0.2, 0) is 14.3 Å². The summed E-state index contributed by atoms with van der Waals surface area (Å²) >= 11 is 0. The quantitative estimate of drug-likeness (QED) is 0.0905. The summed E-state index contributed by atoms with van der Waals surface area (Å²) in [5.41, 5.74) is 6.55. The first-order valence-electron chi connectivity index (χ1n) is 22.5. The van der Waals surface area contributed by atoms with Crippen LogP contribution < -0.4 is 15.0 Å². The van der Waals surface area contributed by atoms with Crippen molar-refractivity contribution in [2.75, 3.05) is 38.8 Å². The zero-order valence-corrected chi connectivity index (χ0v) is 37.7. The number of anilines is 1. The Balaban J connectivity index is 1.08. The maximum Gasteiger partial charge on any atom is 0.407 e. The van der Waals surface area contributed by atoms with Gasteiger partial charge in [-0.2, -0.15) is 0 Å². The fourth-order valence-corrected chi connectivity index (χ4v) is 10.1. The summed E-state index contributed by atoms with van der Waals surface area (Å²) in [5.74, 6) is 1.30. The Morgan fingerprint density at radius 1 is 0.797 bits per heavy atom. The minimum atomic E-state index is -1.13. The summed E-state index contributed by atoms with van der Waals surface area (Å²) < 4.78 is 10.5. The number of nitrogens with zero attached hydrogens (tertiary/aromatic N) is 7. The molecule has 0 saturated carbocycles. The first-order chi connectivity index (χ1) is 30.8. The molecule has 5 aromatic rings. The number of carbonyl (C=O) groups is 4. The van der Waals surface area contributed by atoms with Gasteiger partial charge in [0.25, 0.3) is 0 Å². The highest BCUT2D eigenvalue weighted by atomic mass is 16.5. The molecule has 2 aromatic carbocycles. The van der Waals surface area contributed by atoms with E-state index in [1.165, 1.54) is 14.2 Å². The molecule has 6 atom stereocenters. The fraction of sp³-hybridized carbons (Fsp3) is 0.511. The van der Waals surface area contributed by atoms with Gasteiger partial charge in [0, 0.05) is 26.2 Å². The van der Waals surface area contributed by atoms with Crippen LogP contribution in [0.5, 0.6) is 5.88 Å². The standard InChI is InChI=1S/C47H60N10O7/c1-8-64-39-20-15-30(25-48-39)57-35(28-13-16-31-33(23-28)51-42(49-31)37-11-9-21-55(37)44(58)40(26(2)3)53-46(60)63-7)18-19-36(57)29-14-17-32-34(24-29)52-43(50-32)38-12-10-22-56(38)45(59)41(27(4)5)54(6)47(61)62/h13-17,20,23-27,35-38,40-41H,8-12,18-19,21-22H2,1-7H3,(H,49,51)(H,50,52)(H,53,60)(H,61,62)/t35-,36-,37+,38+,40+,41+/m1/s1. The number of fused-ring (bicyclic) bond motifs is 2. The third-order valence-electron chi connectivity index (χ3n) is 13.2. The van der Waals surface area contributed by atoms with Gasteiger partial charge in [0.1, 0.15) is 23.7 Å². The molecule has 6 heterocycles. The Morgan fingerprint density at radius 2 is 1.36 bits per heavy atom. The van der Waals surface area contributed by atoms with Crippen molar-refractivity contribution < 1.29 is 33.8 Å². The van der Waals surface area contributed by atoms with E-state index in [0.29, 0.717) is 31.4 Å². The molecule has 0 spiro atoms. The van der Waals surface area contributed by atoms with Crippen molar-refractivity contribution in [3.8, 4) is 5.88 Å². The van der Waals surface area contributed by atoms with Crippen LogP contribution in [0.15, 0.2) is 54.7 Å². The lowest BCUT2D eigenvalue weighted by Crippen LogP contribution is -2.51. The second-order valence-corrected chi connectivity index (χ2v) is 17.9. The molecule has 4 amide bonds. The molecule has 340 valence electrons. The highest BCUT2D eigenvalue weighted by Crippen LogP contribution is 2.48. The van der Waals surface area contributed by atoms with Crippen molar-refractivity contribution in [2.24, 2.45) is 11.8 Å². The summed E-state index contributed by atoms with van der Waals surface area (Å²) in [6.45, 7) is 11.1. The second kappa shape index (κ2) is 18.4. The fourth-order valence-electron chi connectivity index (χ4n) is 10.1. The van der Waals surface area contributed by atoms with Crippen molar-refractivity contribution in [1.29, 1.82) is 0 Å². The Kier molecular flexibility index (Phi) is 12.7. The molecule has 0 radical (unpaired) electrons. The van der Waals surface area contributed by atoms with Crippen LogP contribution in [-0.4, -0.2) is 115 Å². The van der Waals surface area contributed by atoms with E-state index in [1.54, 1.807) is 4.90 Å². The molecule has 4 N–H and O–H groups in total. The topological polar surface area (TPSA) is 202 Å². The van der Waals surface area contributed by atoms with Crippen molar-refractivity contribution in [2.45, 2.75) is 109 Å². The number of hydrogen-bond donors (Lipinski definition) is 4. The predicted octanol–water partition coefficient (Wildman–Crippen LogP) is 7.66. The van der Waals surface area contributed by atoms with Crippen molar-refractivity contribution in [1.82, 2.24) is 44.9 Å². The monoisotopic (exact) mass is 876 g/mol. The van der Waals surface area contributed by atoms with E-state index in [9.17, 15) is 24.3 Å². The van der Waals surface area contributed by atoms with Gasteiger partial charge in [0.15, 0.2) is 0 Å². The molecule has 0 bridgehead atoms.